The van der Waals surface area contributed by atoms with E-state index in [0.29, 0.717) is 11.7 Å². The molecule has 1 aromatic carbocycles. The molecule has 6 heteroatoms. The fourth-order valence-corrected chi connectivity index (χ4v) is 4.52. The summed E-state index contributed by atoms with van der Waals surface area (Å²) in [6, 6.07) is 8.08. The summed E-state index contributed by atoms with van der Waals surface area (Å²) in [6.07, 6.45) is 2.07. The van der Waals surface area contributed by atoms with Crippen molar-refractivity contribution in [3.8, 4) is 0 Å². The second-order valence-corrected chi connectivity index (χ2v) is 7.55. The van der Waals surface area contributed by atoms with Crippen molar-refractivity contribution in [3.05, 3.63) is 24.3 Å². The molecule has 0 bridgehead atoms. The molecule has 1 fully saturated rings. The van der Waals surface area contributed by atoms with Gasteiger partial charge in [-0.3, -0.25) is 4.79 Å². The molecule has 2 N–H and O–H groups in total. The zero-order valence-electron chi connectivity index (χ0n) is 11.8. The summed E-state index contributed by atoms with van der Waals surface area (Å²) in [5.41, 5.74) is 6.70. The Labute approximate surface area is 132 Å². The van der Waals surface area contributed by atoms with Gasteiger partial charge in [-0.1, -0.05) is 23.9 Å². The van der Waals surface area contributed by atoms with Crippen molar-refractivity contribution in [2.75, 3.05) is 25.4 Å². The van der Waals surface area contributed by atoms with Gasteiger partial charge in [0.05, 0.1) is 16.0 Å². The third-order valence-corrected chi connectivity index (χ3v) is 6.06. The molecule has 4 nitrogen and oxygen atoms in total. The van der Waals surface area contributed by atoms with Crippen molar-refractivity contribution in [3.63, 3.8) is 0 Å². The predicted octanol–water partition coefficient (Wildman–Crippen LogP) is 2.59. The van der Waals surface area contributed by atoms with Crippen LogP contribution in [0.5, 0.6) is 0 Å². The molecule has 0 saturated carbocycles. The number of carbonyl (C=O) groups is 1. The summed E-state index contributed by atoms with van der Waals surface area (Å²) >= 11 is 3.20. The molecular weight excluding hydrogens is 302 g/mol. The molecule has 3 rings (SSSR count). The van der Waals surface area contributed by atoms with Gasteiger partial charge in [0.1, 0.15) is 0 Å². The number of likely N-dealkylation sites (tertiary alicyclic amines) is 1. The monoisotopic (exact) mass is 321 g/mol. The van der Waals surface area contributed by atoms with E-state index in [1.54, 1.807) is 23.1 Å². The maximum atomic E-state index is 12.2. The van der Waals surface area contributed by atoms with Gasteiger partial charge >= 0.3 is 0 Å². The van der Waals surface area contributed by atoms with E-state index in [4.69, 9.17) is 5.73 Å². The second-order valence-electron chi connectivity index (χ2n) is 5.30. The number of fused-ring (bicyclic) bond motifs is 1. The number of nitrogens with two attached hydrogens (primary N) is 1. The Kier molecular flexibility index (Phi) is 4.77. The molecule has 1 aliphatic rings. The van der Waals surface area contributed by atoms with E-state index in [9.17, 15) is 4.79 Å². The van der Waals surface area contributed by atoms with Crippen LogP contribution in [0.25, 0.3) is 10.2 Å². The number of rotatable bonds is 4. The molecule has 1 aliphatic heterocycles. The smallest absolute Gasteiger partial charge is 0.233 e. The molecule has 0 atom stereocenters. The maximum absolute atomic E-state index is 12.2. The highest BCUT2D eigenvalue weighted by Crippen LogP contribution is 2.29. The normalized spacial score (nSPS) is 16.5. The van der Waals surface area contributed by atoms with Crippen molar-refractivity contribution in [2.45, 2.75) is 17.2 Å². The number of thiazole rings is 1. The second kappa shape index (κ2) is 6.77. The number of amides is 1. The Morgan fingerprint density at radius 3 is 2.86 bits per heavy atom. The molecule has 2 aromatic rings. The highest BCUT2D eigenvalue weighted by molar-refractivity contribution is 8.01. The molecule has 1 amide bonds. The maximum Gasteiger partial charge on any atom is 0.233 e. The van der Waals surface area contributed by atoms with Gasteiger partial charge in [-0.25, -0.2) is 4.98 Å². The first-order chi connectivity index (χ1) is 10.3. The first-order valence-electron chi connectivity index (χ1n) is 7.22. The third kappa shape index (κ3) is 3.56. The molecular formula is C15H19N3OS2. The first-order valence-corrected chi connectivity index (χ1v) is 9.02. The fraction of sp³-hybridized carbons (Fsp3) is 0.467. The summed E-state index contributed by atoms with van der Waals surface area (Å²) < 4.78 is 2.15. The Morgan fingerprint density at radius 2 is 2.14 bits per heavy atom. The molecule has 0 spiro atoms. The van der Waals surface area contributed by atoms with E-state index in [1.165, 1.54) is 4.70 Å². The lowest BCUT2D eigenvalue weighted by atomic mass is 9.97. The van der Waals surface area contributed by atoms with Gasteiger partial charge in [-0.15, -0.1) is 11.3 Å². The Bertz CT molecular complexity index is 587. The van der Waals surface area contributed by atoms with Crippen molar-refractivity contribution >= 4 is 39.2 Å². The summed E-state index contributed by atoms with van der Waals surface area (Å²) in [7, 11) is 0. The largest absolute Gasteiger partial charge is 0.342 e. The van der Waals surface area contributed by atoms with Gasteiger partial charge in [-0.05, 0) is 37.4 Å². The molecule has 0 unspecified atom stereocenters. The molecule has 21 heavy (non-hydrogen) atoms. The molecule has 0 aliphatic carbocycles. The van der Waals surface area contributed by atoms with Crippen molar-refractivity contribution in [1.29, 1.82) is 0 Å². The number of piperidine rings is 1. The van der Waals surface area contributed by atoms with Gasteiger partial charge < -0.3 is 10.6 Å². The number of carbonyl (C=O) groups excluding carboxylic acids is 1. The van der Waals surface area contributed by atoms with Crippen LogP contribution in [0.4, 0.5) is 0 Å². The Balaban J connectivity index is 1.54. The third-order valence-electron chi connectivity index (χ3n) is 3.89. The minimum atomic E-state index is 0.217. The van der Waals surface area contributed by atoms with Crippen LogP contribution in [0, 0.1) is 5.92 Å². The Hall–Kier alpha value is -1.11. The highest BCUT2D eigenvalue weighted by atomic mass is 32.2. The van der Waals surface area contributed by atoms with Crippen molar-refractivity contribution in [2.24, 2.45) is 11.7 Å². The quantitative estimate of drug-likeness (QED) is 0.879. The fourth-order valence-electron chi connectivity index (χ4n) is 2.55. The number of hydrogen-bond donors (Lipinski definition) is 1. The minimum Gasteiger partial charge on any atom is -0.342 e. The van der Waals surface area contributed by atoms with Gasteiger partial charge in [0.15, 0.2) is 4.34 Å². The van der Waals surface area contributed by atoms with Crippen LogP contribution in [0.15, 0.2) is 28.6 Å². The number of hydrogen-bond acceptors (Lipinski definition) is 5. The van der Waals surface area contributed by atoms with Crippen LogP contribution in [-0.4, -0.2) is 41.2 Å². The van der Waals surface area contributed by atoms with E-state index in [0.717, 1.165) is 42.3 Å². The molecule has 1 saturated heterocycles. The molecule has 2 heterocycles. The topological polar surface area (TPSA) is 59.2 Å². The standard InChI is InChI=1S/C15H19N3OS2/c16-9-11-5-7-18(8-6-11)14(19)10-20-15-17-12-3-1-2-4-13(12)21-15/h1-4,11H,5-10,16H2. The van der Waals surface area contributed by atoms with Crippen LogP contribution in [0.1, 0.15) is 12.8 Å². The number of thioether (sulfide) groups is 1. The number of nitrogens with zero attached hydrogens (tertiary/aromatic N) is 2. The zero-order valence-corrected chi connectivity index (χ0v) is 13.5. The SMILES string of the molecule is NCC1CCN(C(=O)CSc2nc3ccccc3s2)CC1. The Morgan fingerprint density at radius 1 is 1.38 bits per heavy atom. The summed E-state index contributed by atoms with van der Waals surface area (Å²) in [5.74, 6) is 1.29. The summed E-state index contributed by atoms with van der Waals surface area (Å²) in [5, 5.41) is 0. The number of aromatic nitrogens is 1. The molecule has 0 radical (unpaired) electrons. The lowest BCUT2D eigenvalue weighted by Crippen LogP contribution is -2.40. The van der Waals surface area contributed by atoms with Gasteiger partial charge in [0.2, 0.25) is 5.91 Å². The molecule has 1 aromatic heterocycles. The first kappa shape index (κ1) is 14.8. The summed E-state index contributed by atoms with van der Waals surface area (Å²) in [6.45, 7) is 2.44. The van der Waals surface area contributed by atoms with Gasteiger partial charge in [0.25, 0.3) is 0 Å². The number of benzene rings is 1. The van der Waals surface area contributed by atoms with Crippen LogP contribution in [0.2, 0.25) is 0 Å². The van der Waals surface area contributed by atoms with Crippen LogP contribution in [0.3, 0.4) is 0 Å². The van der Waals surface area contributed by atoms with E-state index in [2.05, 4.69) is 11.1 Å². The minimum absolute atomic E-state index is 0.217. The van der Waals surface area contributed by atoms with E-state index < -0.39 is 0 Å². The number of para-hydroxylation sites is 1. The van der Waals surface area contributed by atoms with Crippen molar-refractivity contribution < 1.29 is 4.79 Å². The highest BCUT2D eigenvalue weighted by Gasteiger charge is 2.22. The van der Waals surface area contributed by atoms with E-state index >= 15 is 0 Å². The van der Waals surface area contributed by atoms with E-state index in [1.807, 2.05) is 23.1 Å². The summed E-state index contributed by atoms with van der Waals surface area (Å²) in [4.78, 5) is 18.7. The lowest BCUT2D eigenvalue weighted by Gasteiger charge is -2.31. The zero-order chi connectivity index (χ0) is 14.7. The van der Waals surface area contributed by atoms with Crippen LogP contribution < -0.4 is 5.73 Å². The average molecular weight is 321 g/mol. The van der Waals surface area contributed by atoms with Crippen molar-refractivity contribution in [1.82, 2.24) is 9.88 Å². The van der Waals surface area contributed by atoms with E-state index in [-0.39, 0.29) is 5.91 Å². The van der Waals surface area contributed by atoms with Crippen LogP contribution >= 0.6 is 23.1 Å². The van der Waals surface area contributed by atoms with Gasteiger partial charge in [0, 0.05) is 13.1 Å². The molecule has 112 valence electrons. The average Bonchev–Trinajstić information content (AvgIpc) is 2.95. The predicted molar refractivity (Wildman–Crippen MR) is 88.7 cm³/mol. The lowest BCUT2D eigenvalue weighted by molar-refractivity contribution is -0.129. The van der Waals surface area contributed by atoms with Gasteiger partial charge in [-0.2, -0.15) is 0 Å². The van der Waals surface area contributed by atoms with Crippen LogP contribution in [-0.2, 0) is 4.79 Å².